The summed E-state index contributed by atoms with van der Waals surface area (Å²) < 4.78 is 44.0. The summed E-state index contributed by atoms with van der Waals surface area (Å²) in [5.74, 6) is -4.89. The van der Waals surface area contributed by atoms with Crippen molar-refractivity contribution < 1.29 is 27.8 Å². The summed E-state index contributed by atoms with van der Waals surface area (Å²) in [6, 6.07) is 7.38. The third-order valence-electron chi connectivity index (χ3n) is 2.99. The van der Waals surface area contributed by atoms with E-state index in [4.69, 9.17) is 4.74 Å². The molecule has 0 saturated carbocycles. The maximum atomic E-state index is 13.4. The Morgan fingerprint density at radius 3 is 2.57 bits per heavy atom. The van der Waals surface area contributed by atoms with Crippen LogP contribution in [-0.2, 0) is 4.79 Å². The Morgan fingerprint density at radius 1 is 1.17 bits per heavy atom. The molecule has 2 N–H and O–H groups in total. The minimum atomic E-state index is -1.34. The van der Waals surface area contributed by atoms with Crippen molar-refractivity contribution >= 4 is 11.6 Å². The van der Waals surface area contributed by atoms with Gasteiger partial charge >= 0.3 is 0 Å². The molecule has 122 valence electrons. The normalized spacial score (nSPS) is 11.9. The van der Waals surface area contributed by atoms with Gasteiger partial charge < -0.3 is 15.2 Å². The Kier molecular flexibility index (Phi) is 5.23. The fourth-order valence-electron chi connectivity index (χ4n) is 1.83. The van der Waals surface area contributed by atoms with E-state index in [-0.39, 0.29) is 0 Å². The summed E-state index contributed by atoms with van der Waals surface area (Å²) in [5.41, 5.74) is 1.03. The first kappa shape index (κ1) is 16.8. The monoisotopic (exact) mass is 325 g/mol. The Hall–Kier alpha value is -2.54. The third-order valence-corrected chi connectivity index (χ3v) is 2.99. The van der Waals surface area contributed by atoms with Gasteiger partial charge in [-0.05, 0) is 24.6 Å². The Labute approximate surface area is 130 Å². The number of hydrogen-bond acceptors (Lipinski definition) is 3. The first-order valence-corrected chi connectivity index (χ1v) is 6.72. The predicted octanol–water partition coefficient (Wildman–Crippen LogP) is 3.17. The first-order chi connectivity index (χ1) is 10.9. The number of amides is 1. The van der Waals surface area contributed by atoms with E-state index in [1.54, 1.807) is 31.2 Å². The number of halogens is 3. The van der Waals surface area contributed by atoms with E-state index in [1.807, 2.05) is 0 Å². The lowest BCUT2D eigenvalue weighted by molar-refractivity contribution is -0.118. The molecule has 0 aromatic heterocycles. The molecule has 2 aromatic rings. The molecule has 4 nitrogen and oxygen atoms in total. The highest BCUT2D eigenvalue weighted by atomic mass is 19.2. The Balaban J connectivity index is 1.98. The van der Waals surface area contributed by atoms with Crippen LogP contribution in [0, 0.1) is 17.5 Å². The van der Waals surface area contributed by atoms with Crippen molar-refractivity contribution in [1.82, 2.24) is 0 Å². The molecule has 2 rings (SSSR count). The molecule has 0 aliphatic heterocycles. The van der Waals surface area contributed by atoms with E-state index in [1.165, 1.54) is 0 Å². The maximum absolute atomic E-state index is 13.4. The van der Waals surface area contributed by atoms with Crippen LogP contribution in [0.1, 0.15) is 18.6 Å². The number of anilines is 1. The molecule has 0 radical (unpaired) electrons. The number of aliphatic hydroxyl groups excluding tert-OH is 1. The van der Waals surface area contributed by atoms with E-state index in [0.717, 1.165) is 0 Å². The second kappa shape index (κ2) is 7.15. The van der Waals surface area contributed by atoms with Crippen molar-refractivity contribution in [3.63, 3.8) is 0 Å². The molecule has 1 amide bonds. The number of hydrogen-bond donors (Lipinski definition) is 2. The fraction of sp³-hybridized carbons (Fsp3) is 0.188. The molecule has 0 aliphatic rings. The minimum absolute atomic E-state index is 0.342. The second-order valence-electron chi connectivity index (χ2n) is 4.84. The zero-order valence-electron chi connectivity index (χ0n) is 12.1. The van der Waals surface area contributed by atoms with Crippen LogP contribution in [0.5, 0.6) is 5.75 Å². The largest absolute Gasteiger partial charge is 0.481 e. The average Bonchev–Trinajstić information content (AvgIpc) is 2.50. The van der Waals surface area contributed by atoms with Gasteiger partial charge in [0, 0.05) is 17.8 Å². The smallest absolute Gasteiger partial charge is 0.262 e. The molecule has 2 aromatic carbocycles. The summed E-state index contributed by atoms with van der Waals surface area (Å²) >= 11 is 0. The third kappa shape index (κ3) is 4.46. The van der Waals surface area contributed by atoms with Gasteiger partial charge in [-0.1, -0.05) is 12.1 Å². The van der Waals surface area contributed by atoms with Crippen molar-refractivity contribution in [3.8, 4) is 5.75 Å². The molecule has 0 aliphatic carbocycles. The van der Waals surface area contributed by atoms with E-state index < -0.39 is 41.8 Å². The molecule has 0 bridgehead atoms. The number of benzene rings is 2. The topological polar surface area (TPSA) is 58.6 Å². The second-order valence-corrected chi connectivity index (χ2v) is 4.84. The number of ether oxygens (including phenoxy) is 1. The minimum Gasteiger partial charge on any atom is -0.481 e. The summed E-state index contributed by atoms with van der Waals surface area (Å²) in [5, 5.41) is 12.0. The van der Waals surface area contributed by atoms with Crippen LogP contribution < -0.4 is 10.1 Å². The lowest BCUT2D eigenvalue weighted by Crippen LogP contribution is -2.20. The lowest BCUT2D eigenvalue weighted by Gasteiger charge is -2.10. The van der Waals surface area contributed by atoms with Crippen LogP contribution in [0.2, 0.25) is 0 Å². The van der Waals surface area contributed by atoms with Crippen molar-refractivity contribution in [2.75, 3.05) is 11.9 Å². The first-order valence-electron chi connectivity index (χ1n) is 6.72. The van der Waals surface area contributed by atoms with Crippen LogP contribution in [0.15, 0.2) is 36.4 Å². The molecular weight excluding hydrogens is 311 g/mol. The molecule has 0 heterocycles. The van der Waals surface area contributed by atoms with Gasteiger partial charge in [-0.3, -0.25) is 4.79 Å². The zero-order valence-corrected chi connectivity index (χ0v) is 12.1. The summed E-state index contributed by atoms with van der Waals surface area (Å²) in [6.07, 6.45) is -0.695. The highest BCUT2D eigenvalue weighted by Crippen LogP contribution is 2.21. The number of carbonyl (C=O) groups excluding carboxylic acids is 1. The van der Waals surface area contributed by atoms with Crippen molar-refractivity contribution in [1.29, 1.82) is 0 Å². The lowest BCUT2D eigenvalue weighted by atomic mass is 10.1. The maximum Gasteiger partial charge on any atom is 0.262 e. The van der Waals surface area contributed by atoms with Gasteiger partial charge in [0.15, 0.2) is 29.8 Å². The molecule has 0 saturated heterocycles. The Bertz CT molecular complexity index is 720. The molecule has 23 heavy (non-hydrogen) atoms. The van der Waals surface area contributed by atoms with Crippen LogP contribution in [0.4, 0.5) is 18.9 Å². The van der Waals surface area contributed by atoms with Crippen LogP contribution in [0.25, 0.3) is 0 Å². The summed E-state index contributed by atoms with van der Waals surface area (Å²) in [4.78, 5) is 11.7. The molecule has 1 atom stereocenters. The van der Waals surface area contributed by atoms with Gasteiger partial charge in [-0.25, -0.2) is 13.2 Å². The summed E-state index contributed by atoms with van der Waals surface area (Å²) in [7, 11) is 0. The van der Waals surface area contributed by atoms with Crippen molar-refractivity contribution in [2.24, 2.45) is 0 Å². The fourth-order valence-corrected chi connectivity index (χ4v) is 1.83. The number of nitrogens with one attached hydrogen (secondary N) is 1. The quantitative estimate of drug-likeness (QED) is 0.830. The van der Waals surface area contributed by atoms with Gasteiger partial charge in [-0.2, -0.15) is 0 Å². The van der Waals surface area contributed by atoms with E-state index >= 15 is 0 Å². The molecular formula is C16H14F3NO3. The predicted molar refractivity (Wildman–Crippen MR) is 77.5 cm³/mol. The van der Waals surface area contributed by atoms with Gasteiger partial charge in [0.1, 0.15) is 0 Å². The number of rotatable bonds is 5. The van der Waals surface area contributed by atoms with Gasteiger partial charge in [0.2, 0.25) is 0 Å². The number of aliphatic hydroxyl groups is 1. The van der Waals surface area contributed by atoms with Crippen LogP contribution >= 0.6 is 0 Å². The van der Waals surface area contributed by atoms with Crippen molar-refractivity contribution in [2.45, 2.75) is 13.0 Å². The average molecular weight is 325 g/mol. The Morgan fingerprint density at radius 2 is 1.87 bits per heavy atom. The standard InChI is InChI=1S/C16H14F3NO3/c1-9(21)10-3-2-4-11(5-10)20-16(22)8-23-15-7-13(18)12(17)6-14(15)19/h2-7,9,21H,8H2,1H3,(H,20,22)/t9-/m0/s1. The highest BCUT2D eigenvalue weighted by molar-refractivity contribution is 5.91. The zero-order chi connectivity index (χ0) is 17.0. The van der Waals surface area contributed by atoms with E-state index in [2.05, 4.69) is 5.32 Å². The van der Waals surface area contributed by atoms with Crippen LogP contribution in [0.3, 0.4) is 0 Å². The van der Waals surface area contributed by atoms with Crippen LogP contribution in [-0.4, -0.2) is 17.6 Å². The van der Waals surface area contributed by atoms with E-state index in [0.29, 0.717) is 23.4 Å². The molecule has 0 fully saturated rings. The van der Waals surface area contributed by atoms with E-state index in [9.17, 15) is 23.1 Å². The molecule has 0 unspecified atom stereocenters. The summed E-state index contributed by atoms with van der Waals surface area (Å²) in [6.45, 7) is 0.997. The van der Waals surface area contributed by atoms with Gasteiger partial charge in [0.25, 0.3) is 5.91 Å². The molecule has 7 heteroatoms. The van der Waals surface area contributed by atoms with Gasteiger partial charge in [0.05, 0.1) is 6.10 Å². The van der Waals surface area contributed by atoms with Gasteiger partial charge in [-0.15, -0.1) is 0 Å². The molecule has 0 spiro atoms. The number of carbonyl (C=O) groups is 1. The highest BCUT2D eigenvalue weighted by Gasteiger charge is 2.13. The SMILES string of the molecule is C[C@H](O)c1cccc(NC(=O)COc2cc(F)c(F)cc2F)c1. The van der Waals surface area contributed by atoms with Crippen molar-refractivity contribution in [3.05, 3.63) is 59.4 Å².